The van der Waals surface area contributed by atoms with Crippen LogP contribution >= 0.6 is 0 Å². The smallest absolute Gasteiger partial charge is 0.221 e. The molecule has 0 bridgehead atoms. The Labute approximate surface area is 157 Å². The molecule has 2 heterocycles. The van der Waals surface area contributed by atoms with E-state index in [-0.39, 0.29) is 17.8 Å². The molecule has 5 nitrogen and oxygen atoms in total. The number of halogens is 1. The van der Waals surface area contributed by atoms with Gasteiger partial charge < -0.3 is 10.3 Å². The molecule has 4 rings (SSSR count). The average molecular weight is 364 g/mol. The maximum absolute atomic E-state index is 13.8. The molecule has 0 aliphatic carbocycles. The van der Waals surface area contributed by atoms with Crippen molar-refractivity contribution in [3.8, 4) is 0 Å². The van der Waals surface area contributed by atoms with Crippen LogP contribution in [-0.2, 0) is 17.8 Å². The summed E-state index contributed by atoms with van der Waals surface area (Å²) >= 11 is 0. The number of fused-ring (bicyclic) bond motifs is 1. The number of imidazole rings is 1. The van der Waals surface area contributed by atoms with Gasteiger partial charge in [0.2, 0.25) is 5.91 Å². The summed E-state index contributed by atoms with van der Waals surface area (Å²) in [6.07, 6.45) is 2.59. The lowest BCUT2D eigenvalue weighted by Crippen LogP contribution is -2.35. The van der Waals surface area contributed by atoms with Gasteiger partial charge in [0.15, 0.2) is 0 Å². The maximum atomic E-state index is 13.8. The fourth-order valence-corrected chi connectivity index (χ4v) is 3.67. The lowest BCUT2D eigenvalue weighted by molar-refractivity contribution is -0.114. The van der Waals surface area contributed by atoms with Gasteiger partial charge >= 0.3 is 0 Å². The molecule has 0 saturated heterocycles. The van der Waals surface area contributed by atoms with E-state index in [2.05, 4.69) is 20.2 Å². The molecule has 1 atom stereocenters. The number of carbonyl (C=O) groups is 1. The van der Waals surface area contributed by atoms with E-state index < -0.39 is 0 Å². The molecule has 6 heteroatoms. The van der Waals surface area contributed by atoms with Gasteiger partial charge in [-0.15, -0.1) is 0 Å². The number of hydrogen-bond acceptors (Lipinski definition) is 3. The Morgan fingerprint density at radius 2 is 2.11 bits per heavy atom. The van der Waals surface area contributed by atoms with Crippen LogP contribution in [-0.4, -0.2) is 27.3 Å². The van der Waals surface area contributed by atoms with E-state index in [4.69, 9.17) is 0 Å². The Bertz CT molecular complexity index is 951. The summed E-state index contributed by atoms with van der Waals surface area (Å²) in [7, 11) is 0. The molecule has 1 unspecified atom stereocenters. The van der Waals surface area contributed by atoms with Gasteiger partial charge in [0.25, 0.3) is 0 Å². The zero-order valence-corrected chi connectivity index (χ0v) is 15.1. The lowest BCUT2D eigenvalue weighted by atomic mass is 9.95. The Balaban J connectivity index is 1.62. The number of H-pyrrole nitrogens is 1. The third kappa shape index (κ3) is 3.75. The Kier molecular flexibility index (Phi) is 4.73. The first-order chi connectivity index (χ1) is 13.1. The van der Waals surface area contributed by atoms with Crippen LogP contribution in [0, 0.1) is 5.82 Å². The topological polar surface area (TPSA) is 61.0 Å². The minimum absolute atomic E-state index is 0.0870. The van der Waals surface area contributed by atoms with Crippen LogP contribution in [0.15, 0.2) is 54.9 Å². The third-order valence-corrected chi connectivity index (χ3v) is 4.85. The first-order valence-electron chi connectivity index (χ1n) is 8.98. The number of hydrogen-bond donors (Lipinski definition) is 2. The van der Waals surface area contributed by atoms with E-state index in [0.717, 1.165) is 41.2 Å². The highest BCUT2D eigenvalue weighted by molar-refractivity contribution is 5.88. The zero-order chi connectivity index (χ0) is 18.8. The number of rotatable bonds is 4. The van der Waals surface area contributed by atoms with Crippen molar-refractivity contribution in [3.05, 3.63) is 83.2 Å². The fraction of sp³-hybridized carbons (Fsp3) is 0.238. The van der Waals surface area contributed by atoms with E-state index in [1.807, 2.05) is 30.3 Å². The highest BCUT2D eigenvalue weighted by Crippen LogP contribution is 2.34. The molecule has 1 aromatic heterocycles. The number of aromatic amines is 1. The van der Waals surface area contributed by atoms with Crippen molar-refractivity contribution < 1.29 is 9.18 Å². The molecule has 0 radical (unpaired) electrons. The molecule has 1 aliphatic rings. The second-order valence-corrected chi connectivity index (χ2v) is 6.82. The second-order valence-electron chi connectivity index (χ2n) is 6.82. The van der Waals surface area contributed by atoms with Crippen molar-refractivity contribution in [2.45, 2.75) is 25.9 Å². The maximum Gasteiger partial charge on any atom is 0.221 e. The van der Waals surface area contributed by atoms with Gasteiger partial charge in [-0.3, -0.25) is 9.69 Å². The van der Waals surface area contributed by atoms with Crippen molar-refractivity contribution in [2.24, 2.45) is 0 Å². The highest BCUT2D eigenvalue weighted by Gasteiger charge is 2.31. The van der Waals surface area contributed by atoms with Crippen molar-refractivity contribution in [3.63, 3.8) is 0 Å². The van der Waals surface area contributed by atoms with E-state index >= 15 is 0 Å². The number of benzene rings is 2. The second kappa shape index (κ2) is 7.32. The minimum Gasteiger partial charge on any atom is -0.348 e. The third-order valence-electron chi connectivity index (χ3n) is 4.85. The molecule has 138 valence electrons. The van der Waals surface area contributed by atoms with Crippen molar-refractivity contribution in [1.82, 2.24) is 14.9 Å². The summed E-state index contributed by atoms with van der Waals surface area (Å²) in [6.45, 7) is 3.06. The number of nitrogens with zero attached hydrogens (tertiary/aromatic N) is 2. The average Bonchev–Trinajstić information content (AvgIpc) is 3.11. The number of nitrogens with one attached hydrogen (secondary N) is 2. The number of carbonyl (C=O) groups excluding carboxylic acids is 1. The van der Waals surface area contributed by atoms with Crippen molar-refractivity contribution in [1.29, 1.82) is 0 Å². The number of amides is 1. The summed E-state index contributed by atoms with van der Waals surface area (Å²) < 4.78 is 13.8. The summed E-state index contributed by atoms with van der Waals surface area (Å²) in [4.78, 5) is 21.2. The summed E-state index contributed by atoms with van der Waals surface area (Å²) in [5.41, 5.74) is 4.88. The van der Waals surface area contributed by atoms with Crippen LogP contribution in [0.5, 0.6) is 0 Å². The molecule has 2 N–H and O–H groups in total. The van der Waals surface area contributed by atoms with Gasteiger partial charge in [-0.25, -0.2) is 9.37 Å². The van der Waals surface area contributed by atoms with Crippen LogP contribution in [0.25, 0.3) is 0 Å². The molecule has 27 heavy (non-hydrogen) atoms. The monoisotopic (exact) mass is 364 g/mol. The molecule has 3 aromatic rings. The SMILES string of the molecule is CC(=O)Nc1ccc(CN2CCc3[nH]cnc3C2c2cccc(F)c2)cc1. The van der Waals surface area contributed by atoms with E-state index in [1.54, 1.807) is 18.5 Å². The summed E-state index contributed by atoms with van der Waals surface area (Å²) in [5, 5.41) is 2.78. The normalized spacial score (nSPS) is 16.7. The first-order valence-corrected chi connectivity index (χ1v) is 8.98. The molecule has 2 aromatic carbocycles. The van der Waals surface area contributed by atoms with E-state index in [1.165, 1.54) is 13.0 Å². The van der Waals surface area contributed by atoms with Gasteiger partial charge in [0.1, 0.15) is 5.82 Å². The van der Waals surface area contributed by atoms with Crippen molar-refractivity contribution in [2.75, 3.05) is 11.9 Å². The zero-order valence-electron chi connectivity index (χ0n) is 15.1. The first kappa shape index (κ1) is 17.4. The van der Waals surface area contributed by atoms with E-state index in [0.29, 0.717) is 6.54 Å². The van der Waals surface area contributed by atoms with Crippen LogP contribution in [0.4, 0.5) is 10.1 Å². The quantitative estimate of drug-likeness (QED) is 0.743. The van der Waals surface area contributed by atoms with E-state index in [9.17, 15) is 9.18 Å². The molecular formula is C21H21FN4O. The molecule has 1 amide bonds. The van der Waals surface area contributed by atoms with Crippen LogP contribution in [0.3, 0.4) is 0 Å². The molecule has 0 saturated carbocycles. The minimum atomic E-state index is -0.241. The van der Waals surface area contributed by atoms with Crippen molar-refractivity contribution >= 4 is 11.6 Å². The largest absolute Gasteiger partial charge is 0.348 e. The Morgan fingerprint density at radius 3 is 2.85 bits per heavy atom. The molecule has 1 aliphatic heterocycles. The Hall–Kier alpha value is -2.99. The highest BCUT2D eigenvalue weighted by atomic mass is 19.1. The van der Waals surface area contributed by atoms with Crippen LogP contribution in [0.2, 0.25) is 0 Å². The summed E-state index contributed by atoms with van der Waals surface area (Å²) in [6, 6.07) is 14.5. The number of anilines is 1. The molecular weight excluding hydrogens is 343 g/mol. The Morgan fingerprint density at radius 1 is 1.30 bits per heavy atom. The fourth-order valence-electron chi connectivity index (χ4n) is 3.67. The standard InChI is InChI=1S/C21H21FN4O/c1-14(27)25-18-7-5-15(6-8-18)12-26-10-9-19-20(24-13-23-19)21(26)16-3-2-4-17(22)11-16/h2-8,11,13,21H,9-10,12H2,1H3,(H,23,24)(H,25,27). The van der Waals surface area contributed by atoms with Gasteiger partial charge in [-0.1, -0.05) is 24.3 Å². The molecule has 0 spiro atoms. The predicted molar refractivity (Wildman–Crippen MR) is 102 cm³/mol. The number of aromatic nitrogens is 2. The van der Waals surface area contributed by atoms with Gasteiger partial charge in [0, 0.05) is 37.8 Å². The predicted octanol–water partition coefficient (Wildman–Crippen LogP) is 3.65. The van der Waals surface area contributed by atoms with Gasteiger partial charge in [0.05, 0.1) is 18.1 Å². The van der Waals surface area contributed by atoms with Crippen LogP contribution in [0.1, 0.15) is 35.5 Å². The summed E-state index contributed by atoms with van der Waals surface area (Å²) in [5.74, 6) is -0.328. The lowest BCUT2D eigenvalue weighted by Gasteiger charge is -2.35. The van der Waals surface area contributed by atoms with Crippen LogP contribution < -0.4 is 5.32 Å². The molecule has 0 fully saturated rings. The van der Waals surface area contributed by atoms with Gasteiger partial charge in [-0.2, -0.15) is 0 Å². The van der Waals surface area contributed by atoms with Gasteiger partial charge in [-0.05, 0) is 35.4 Å².